The molecule has 0 unspecified atom stereocenters. The van der Waals surface area contributed by atoms with Crippen LogP contribution in [0.3, 0.4) is 0 Å². The zero-order chi connectivity index (χ0) is 14.4. The lowest BCUT2D eigenvalue weighted by atomic mass is 10.0. The van der Waals surface area contributed by atoms with Crippen LogP contribution in [0.4, 0.5) is 0 Å². The normalized spacial score (nSPS) is 17.1. The third-order valence-corrected chi connectivity index (χ3v) is 3.82. The third-order valence-electron chi connectivity index (χ3n) is 3.82. The maximum absolute atomic E-state index is 12.3. The molecule has 1 aliphatic heterocycles. The Hall–Kier alpha value is -1.39. The van der Waals surface area contributed by atoms with Gasteiger partial charge in [-0.3, -0.25) is 0 Å². The molecule has 0 amide bonds. The number of carbonyl (C=O) groups is 1. The number of hydrogen-bond donors (Lipinski definition) is 1. The summed E-state index contributed by atoms with van der Waals surface area (Å²) in [6.07, 6.45) is 2.77. The largest absolute Gasteiger partial charge is 0.459 e. The molecule has 4 heteroatoms. The highest BCUT2D eigenvalue weighted by molar-refractivity contribution is 5.91. The molecule has 1 heterocycles. The molecule has 1 N–H and O–H groups in total. The van der Waals surface area contributed by atoms with Gasteiger partial charge in [0.15, 0.2) is 0 Å². The molecule has 110 valence electrons. The lowest BCUT2D eigenvalue weighted by molar-refractivity contribution is 0.0138. The van der Waals surface area contributed by atoms with Crippen molar-refractivity contribution in [2.24, 2.45) is 0 Å². The van der Waals surface area contributed by atoms with Crippen molar-refractivity contribution in [3.05, 3.63) is 35.4 Å². The van der Waals surface area contributed by atoms with Crippen molar-refractivity contribution in [3.8, 4) is 0 Å². The highest BCUT2D eigenvalue weighted by Crippen LogP contribution is 2.17. The minimum atomic E-state index is -0.175. The summed E-state index contributed by atoms with van der Waals surface area (Å²) in [5.74, 6) is -0.175. The fourth-order valence-corrected chi connectivity index (χ4v) is 2.51. The van der Waals surface area contributed by atoms with E-state index in [1.165, 1.54) is 0 Å². The Bertz CT molecular complexity index is 440. The molecule has 4 nitrogen and oxygen atoms in total. The van der Waals surface area contributed by atoms with E-state index in [1.807, 2.05) is 31.3 Å². The Labute approximate surface area is 121 Å². The Morgan fingerprint density at radius 3 is 2.75 bits per heavy atom. The van der Waals surface area contributed by atoms with Crippen LogP contribution in [-0.4, -0.2) is 50.7 Å². The molecule has 0 saturated carbocycles. The first-order valence-corrected chi connectivity index (χ1v) is 7.32. The van der Waals surface area contributed by atoms with E-state index in [0.29, 0.717) is 5.56 Å². The Morgan fingerprint density at radius 1 is 1.35 bits per heavy atom. The van der Waals surface area contributed by atoms with Gasteiger partial charge < -0.3 is 15.0 Å². The molecule has 1 fully saturated rings. The number of nitrogens with one attached hydrogen (secondary N) is 1. The van der Waals surface area contributed by atoms with Crippen LogP contribution in [0.15, 0.2) is 24.3 Å². The molecule has 20 heavy (non-hydrogen) atoms. The molecule has 1 aromatic carbocycles. The van der Waals surface area contributed by atoms with Crippen LogP contribution < -0.4 is 5.32 Å². The standard InChI is InChI=1S/C16H24N2O2/c1-17-10-7-13-5-3-4-6-15(13)16(19)20-14-8-11-18(2)12-9-14/h3-6,14,17H,7-12H2,1-2H3. The highest BCUT2D eigenvalue weighted by atomic mass is 16.5. The average molecular weight is 276 g/mol. The number of rotatable bonds is 5. The molecular formula is C16H24N2O2. The van der Waals surface area contributed by atoms with Gasteiger partial charge in [0.05, 0.1) is 5.56 Å². The van der Waals surface area contributed by atoms with E-state index in [0.717, 1.165) is 44.5 Å². The summed E-state index contributed by atoms with van der Waals surface area (Å²) in [4.78, 5) is 14.6. The quantitative estimate of drug-likeness (QED) is 0.831. The molecule has 0 aliphatic carbocycles. The minimum absolute atomic E-state index is 0.0658. The van der Waals surface area contributed by atoms with Gasteiger partial charge in [0.2, 0.25) is 0 Å². The van der Waals surface area contributed by atoms with Crippen LogP contribution in [0.5, 0.6) is 0 Å². The van der Waals surface area contributed by atoms with Gasteiger partial charge in [-0.1, -0.05) is 18.2 Å². The van der Waals surface area contributed by atoms with Gasteiger partial charge in [-0.05, 0) is 51.5 Å². The Kier molecular flexibility index (Phi) is 5.56. The Balaban J connectivity index is 1.98. The summed E-state index contributed by atoms with van der Waals surface area (Å²) in [7, 11) is 4.02. The second kappa shape index (κ2) is 7.41. The van der Waals surface area contributed by atoms with Gasteiger partial charge in [-0.2, -0.15) is 0 Å². The predicted octanol–water partition coefficient (Wildman–Crippen LogP) is 1.70. The molecule has 0 radical (unpaired) electrons. The average Bonchev–Trinajstić information content (AvgIpc) is 2.47. The zero-order valence-corrected chi connectivity index (χ0v) is 12.4. The fraction of sp³-hybridized carbons (Fsp3) is 0.562. The van der Waals surface area contributed by atoms with E-state index in [9.17, 15) is 4.79 Å². The van der Waals surface area contributed by atoms with E-state index in [-0.39, 0.29) is 12.1 Å². The molecule has 0 bridgehead atoms. The number of likely N-dealkylation sites (N-methyl/N-ethyl adjacent to an activating group) is 1. The van der Waals surface area contributed by atoms with E-state index in [4.69, 9.17) is 4.74 Å². The van der Waals surface area contributed by atoms with Gasteiger partial charge in [0, 0.05) is 13.1 Å². The number of hydrogen-bond acceptors (Lipinski definition) is 4. The van der Waals surface area contributed by atoms with Crippen LogP contribution >= 0.6 is 0 Å². The first-order chi connectivity index (χ1) is 9.70. The number of likely N-dealkylation sites (tertiary alicyclic amines) is 1. The summed E-state index contributed by atoms with van der Waals surface area (Å²) < 4.78 is 5.66. The minimum Gasteiger partial charge on any atom is -0.459 e. The predicted molar refractivity (Wildman–Crippen MR) is 80.0 cm³/mol. The van der Waals surface area contributed by atoms with Crippen molar-refractivity contribution >= 4 is 5.97 Å². The van der Waals surface area contributed by atoms with Crippen molar-refractivity contribution in [1.29, 1.82) is 0 Å². The number of carbonyl (C=O) groups excluding carboxylic acids is 1. The van der Waals surface area contributed by atoms with Gasteiger partial charge >= 0.3 is 5.97 Å². The van der Waals surface area contributed by atoms with Crippen LogP contribution in [0, 0.1) is 0 Å². The molecule has 1 aliphatic rings. The monoisotopic (exact) mass is 276 g/mol. The van der Waals surface area contributed by atoms with E-state index in [1.54, 1.807) is 0 Å². The number of ether oxygens (including phenoxy) is 1. The lowest BCUT2D eigenvalue weighted by Crippen LogP contribution is -2.35. The van der Waals surface area contributed by atoms with Gasteiger partial charge in [0.25, 0.3) is 0 Å². The maximum Gasteiger partial charge on any atom is 0.338 e. The first kappa shape index (κ1) is 15.0. The van der Waals surface area contributed by atoms with Gasteiger partial charge in [0.1, 0.15) is 6.10 Å². The molecule has 1 saturated heterocycles. The van der Waals surface area contributed by atoms with Crippen LogP contribution in [0.25, 0.3) is 0 Å². The molecular weight excluding hydrogens is 252 g/mol. The molecule has 0 spiro atoms. The Morgan fingerprint density at radius 2 is 2.05 bits per heavy atom. The van der Waals surface area contributed by atoms with Crippen molar-refractivity contribution in [3.63, 3.8) is 0 Å². The maximum atomic E-state index is 12.3. The third kappa shape index (κ3) is 4.05. The lowest BCUT2D eigenvalue weighted by Gasteiger charge is -2.28. The number of piperidine rings is 1. The fourth-order valence-electron chi connectivity index (χ4n) is 2.51. The van der Waals surface area contributed by atoms with Crippen molar-refractivity contribution < 1.29 is 9.53 Å². The molecule has 1 aromatic rings. The van der Waals surface area contributed by atoms with Gasteiger partial charge in [-0.25, -0.2) is 4.79 Å². The second-order valence-electron chi connectivity index (χ2n) is 5.42. The molecule has 0 atom stereocenters. The summed E-state index contributed by atoms with van der Waals surface area (Å²) in [6.45, 7) is 2.86. The zero-order valence-electron chi connectivity index (χ0n) is 12.4. The van der Waals surface area contributed by atoms with E-state index < -0.39 is 0 Å². The molecule has 2 rings (SSSR count). The van der Waals surface area contributed by atoms with Crippen molar-refractivity contribution in [2.45, 2.75) is 25.4 Å². The van der Waals surface area contributed by atoms with Crippen molar-refractivity contribution in [1.82, 2.24) is 10.2 Å². The second-order valence-corrected chi connectivity index (χ2v) is 5.42. The first-order valence-electron chi connectivity index (χ1n) is 7.32. The highest BCUT2D eigenvalue weighted by Gasteiger charge is 2.22. The summed E-state index contributed by atoms with van der Waals surface area (Å²) in [5, 5.41) is 3.11. The summed E-state index contributed by atoms with van der Waals surface area (Å²) >= 11 is 0. The smallest absolute Gasteiger partial charge is 0.338 e. The number of nitrogens with zero attached hydrogens (tertiary/aromatic N) is 1. The van der Waals surface area contributed by atoms with E-state index >= 15 is 0 Å². The van der Waals surface area contributed by atoms with Crippen LogP contribution in [-0.2, 0) is 11.2 Å². The number of benzene rings is 1. The summed E-state index contributed by atoms with van der Waals surface area (Å²) in [6, 6.07) is 7.73. The van der Waals surface area contributed by atoms with E-state index in [2.05, 4.69) is 17.3 Å². The summed E-state index contributed by atoms with van der Waals surface area (Å²) in [5.41, 5.74) is 1.77. The molecule has 0 aromatic heterocycles. The number of esters is 1. The SMILES string of the molecule is CNCCc1ccccc1C(=O)OC1CCN(C)CC1. The van der Waals surface area contributed by atoms with Crippen molar-refractivity contribution in [2.75, 3.05) is 33.7 Å². The van der Waals surface area contributed by atoms with Crippen LogP contribution in [0.2, 0.25) is 0 Å². The van der Waals surface area contributed by atoms with Gasteiger partial charge in [-0.15, -0.1) is 0 Å². The topological polar surface area (TPSA) is 41.6 Å². The van der Waals surface area contributed by atoms with Crippen LogP contribution in [0.1, 0.15) is 28.8 Å².